The number of hydrogen-bond donors (Lipinski definition) is 1. The molecule has 0 atom stereocenters. The molecule has 2 heterocycles. The Kier molecular flexibility index (Phi) is 4.34. The fourth-order valence-electron chi connectivity index (χ4n) is 1.69. The summed E-state index contributed by atoms with van der Waals surface area (Å²) in [5, 5.41) is 3.34. The number of anilines is 1. The highest BCUT2D eigenvalue weighted by Crippen LogP contribution is 2.23. The molecule has 0 aliphatic heterocycles. The fraction of sp³-hybridized carbons (Fsp3) is 0.385. The smallest absolute Gasteiger partial charge is 0.293 e. The average molecular weight is 280 g/mol. The lowest BCUT2D eigenvalue weighted by Gasteiger charge is -1.98. The van der Waals surface area contributed by atoms with Crippen molar-refractivity contribution in [3.63, 3.8) is 0 Å². The largest absolute Gasteiger partial charge is 0.453 e. The maximum atomic E-state index is 12.0. The number of ether oxygens (including phenoxy) is 1. The van der Waals surface area contributed by atoms with E-state index in [2.05, 4.69) is 10.3 Å². The zero-order valence-electron chi connectivity index (χ0n) is 11.1. The molecule has 0 radical (unpaired) electrons. The minimum Gasteiger partial charge on any atom is -0.453 e. The second kappa shape index (κ2) is 5.99. The zero-order chi connectivity index (χ0) is 13.8. The maximum Gasteiger partial charge on any atom is 0.293 e. The average Bonchev–Trinajstić information content (AvgIpc) is 2.96. The molecule has 0 aliphatic carbocycles. The molecule has 6 heteroatoms. The van der Waals surface area contributed by atoms with Crippen molar-refractivity contribution in [2.24, 2.45) is 0 Å². The molecule has 1 amide bonds. The maximum absolute atomic E-state index is 12.0. The number of rotatable bonds is 5. The second-order valence-electron chi connectivity index (χ2n) is 4.03. The van der Waals surface area contributed by atoms with Crippen LogP contribution in [-0.4, -0.2) is 18.0 Å². The fourth-order valence-corrected chi connectivity index (χ4v) is 2.59. The third-order valence-electron chi connectivity index (χ3n) is 2.62. The minimum atomic E-state index is -0.293. The van der Waals surface area contributed by atoms with Crippen LogP contribution in [0.5, 0.6) is 0 Å². The van der Waals surface area contributed by atoms with Gasteiger partial charge < -0.3 is 9.15 Å². The summed E-state index contributed by atoms with van der Waals surface area (Å²) in [6, 6.07) is 3.36. The standard InChI is InChI=1S/C13H16N2O3S/c1-4-10-8(2)19-13(14-10)15-12(16)11-6-5-9(18-11)7-17-3/h5-6H,4,7H2,1-3H3,(H,14,15,16). The van der Waals surface area contributed by atoms with Gasteiger partial charge in [-0.25, -0.2) is 4.98 Å². The number of hydrogen-bond acceptors (Lipinski definition) is 5. The highest BCUT2D eigenvalue weighted by atomic mass is 32.1. The summed E-state index contributed by atoms with van der Waals surface area (Å²) in [7, 11) is 1.58. The van der Waals surface area contributed by atoms with Crippen LogP contribution in [0.4, 0.5) is 5.13 Å². The number of thiazole rings is 1. The van der Waals surface area contributed by atoms with Crippen molar-refractivity contribution in [2.45, 2.75) is 26.9 Å². The van der Waals surface area contributed by atoms with Gasteiger partial charge in [-0.15, -0.1) is 11.3 Å². The number of carbonyl (C=O) groups excluding carboxylic acids is 1. The lowest BCUT2D eigenvalue weighted by atomic mass is 10.3. The summed E-state index contributed by atoms with van der Waals surface area (Å²) in [5.74, 6) is 0.592. The Hall–Kier alpha value is -1.66. The van der Waals surface area contributed by atoms with E-state index in [-0.39, 0.29) is 11.7 Å². The van der Waals surface area contributed by atoms with Crippen LogP contribution in [0.15, 0.2) is 16.5 Å². The molecule has 102 valence electrons. The molecule has 0 aliphatic rings. The predicted molar refractivity (Wildman–Crippen MR) is 73.6 cm³/mol. The van der Waals surface area contributed by atoms with Crippen LogP contribution in [-0.2, 0) is 17.8 Å². The Balaban J connectivity index is 2.06. The highest BCUT2D eigenvalue weighted by Gasteiger charge is 2.14. The van der Waals surface area contributed by atoms with Gasteiger partial charge in [-0.3, -0.25) is 10.1 Å². The molecule has 0 fully saturated rings. The van der Waals surface area contributed by atoms with Crippen LogP contribution >= 0.6 is 11.3 Å². The molecule has 0 bridgehead atoms. The summed E-state index contributed by atoms with van der Waals surface area (Å²) < 4.78 is 10.3. The number of nitrogens with zero attached hydrogens (tertiary/aromatic N) is 1. The number of carbonyl (C=O) groups is 1. The third kappa shape index (κ3) is 3.21. The topological polar surface area (TPSA) is 64.4 Å². The van der Waals surface area contributed by atoms with Crippen LogP contribution in [0, 0.1) is 6.92 Å². The van der Waals surface area contributed by atoms with Gasteiger partial charge in [-0.2, -0.15) is 0 Å². The van der Waals surface area contributed by atoms with E-state index < -0.39 is 0 Å². The molecule has 0 saturated carbocycles. The van der Waals surface area contributed by atoms with E-state index in [4.69, 9.17) is 9.15 Å². The van der Waals surface area contributed by atoms with Gasteiger partial charge in [-0.05, 0) is 25.5 Å². The van der Waals surface area contributed by atoms with Crippen molar-refractivity contribution < 1.29 is 13.9 Å². The summed E-state index contributed by atoms with van der Waals surface area (Å²) >= 11 is 1.47. The quantitative estimate of drug-likeness (QED) is 0.914. The van der Waals surface area contributed by atoms with Crippen LogP contribution in [0.25, 0.3) is 0 Å². The molecule has 5 nitrogen and oxygen atoms in total. The normalized spacial score (nSPS) is 10.7. The molecule has 19 heavy (non-hydrogen) atoms. The first-order chi connectivity index (χ1) is 9.13. The molecular formula is C13H16N2O3S. The Morgan fingerprint density at radius 2 is 2.32 bits per heavy atom. The third-order valence-corrected chi connectivity index (χ3v) is 3.55. The van der Waals surface area contributed by atoms with Gasteiger partial charge in [0.1, 0.15) is 12.4 Å². The Morgan fingerprint density at radius 3 is 2.95 bits per heavy atom. The molecule has 1 N–H and O–H groups in total. The van der Waals surface area contributed by atoms with Crippen LogP contribution in [0.1, 0.15) is 33.8 Å². The number of methoxy groups -OCH3 is 1. The van der Waals surface area contributed by atoms with Crippen LogP contribution in [0.3, 0.4) is 0 Å². The van der Waals surface area contributed by atoms with E-state index in [0.717, 1.165) is 17.0 Å². The lowest BCUT2D eigenvalue weighted by Crippen LogP contribution is -2.10. The Bertz CT molecular complexity index is 574. The molecule has 2 aromatic rings. The second-order valence-corrected chi connectivity index (χ2v) is 5.23. The Labute approximate surface area is 115 Å². The first-order valence-electron chi connectivity index (χ1n) is 5.99. The van der Waals surface area contributed by atoms with E-state index in [9.17, 15) is 4.79 Å². The monoisotopic (exact) mass is 280 g/mol. The number of aromatic nitrogens is 1. The minimum absolute atomic E-state index is 0.262. The molecular weight excluding hydrogens is 264 g/mol. The summed E-state index contributed by atoms with van der Waals surface area (Å²) in [4.78, 5) is 17.4. The number of aryl methyl sites for hydroxylation is 2. The molecule has 0 aromatic carbocycles. The molecule has 0 unspecified atom stereocenters. The summed E-state index contributed by atoms with van der Waals surface area (Å²) in [6.07, 6.45) is 0.858. The number of furan rings is 1. The summed E-state index contributed by atoms with van der Waals surface area (Å²) in [5.41, 5.74) is 1.01. The molecule has 0 saturated heterocycles. The summed E-state index contributed by atoms with van der Waals surface area (Å²) in [6.45, 7) is 4.39. The van der Waals surface area contributed by atoms with E-state index >= 15 is 0 Å². The Morgan fingerprint density at radius 1 is 1.53 bits per heavy atom. The van der Waals surface area contributed by atoms with Crippen molar-refractivity contribution >= 4 is 22.4 Å². The number of nitrogens with one attached hydrogen (secondary N) is 1. The van der Waals surface area contributed by atoms with Gasteiger partial charge in [0, 0.05) is 12.0 Å². The first-order valence-corrected chi connectivity index (χ1v) is 6.81. The lowest BCUT2D eigenvalue weighted by molar-refractivity contribution is 0.0987. The first kappa shape index (κ1) is 13.8. The van der Waals surface area contributed by atoms with Crippen molar-refractivity contribution in [1.82, 2.24) is 4.98 Å². The van der Waals surface area contributed by atoms with Crippen molar-refractivity contribution in [2.75, 3.05) is 12.4 Å². The van der Waals surface area contributed by atoms with Gasteiger partial charge >= 0.3 is 0 Å². The SMILES string of the molecule is CCc1nc(NC(=O)c2ccc(COC)o2)sc1C. The van der Waals surface area contributed by atoms with Gasteiger partial charge in [-0.1, -0.05) is 6.92 Å². The molecule has 2 rings (SSSR count). The molecule has 0 spiro atoms. The molecule has 2 aromatic heterocycles. The van der Waals surface area contributed by atoms with E-state index in [1.54, 1.807) is 19.2 Å². The number of amides is 1. The van der Waals surface area contributed by atoms with Gasteiger partial charge in [0.05, 0.1) is 5.69 Å². The van der Waals surface area contributed by atoms with Gasteiger partial charge in [0.15, 0.2) is 10.9 Å². The zero-order valence-corrected chi connectivity index (χ0v) is 12.0. The van der Waals surface area contributed by atoms with Gasteiger partial charge in [0.2, 0.25) is 0 Å². The van der Waals surface area contributed by atoms with Crippen molar-refractivity contribution in [1.29, 1.82) is 0 Å². The van der Waals surface area contributed by atoms with Crippen LogP contribution in [0.2, 0.25) is 0 Å². The highest BCUT2D eigenvalue weighted by molar-refractivity contribution is 7.15. The van der Waals surface area contributed by atoms with Crippen molar-refractivity contribution in [3.05, 3.63) is 34.2 Å². The predicted octanol–water partition coefficient (Wildman–Crippen LogP) is 3.01. The van der Waals surface area contributed by atoms with Gasteiger partial charge in [0.25, 0.3) is 5.91 Å². The van der Waals surface area contributed by atoms with E-state index in [0.29, 0.717) is 17.5 Å². The van der Waals surface area contributed by atoms with Crippen LogP contribution < -0.4 is 5.32 Å². The van der Waals surface area contributed by atoms with E-state index in [1.807, 2.05) is 13.8 Å². The van der Waals surface area contributed by atoms with Crippen molar-refractivity contribution in [3.8, 4) is 0 Å². The van der Waals surface area contributed by atoms with E-state index in [1.165, 1.54) is 11.3 Å².